The van der Waals surface area contributed by atoms with Gasteiger partial charge in [0.2, 0.25) is 0 Å². The molecule has 5 nitrogen and oxygen atoms in total. The number of Topliss-reactive ketones (excluding diaryl/α,β-unsaturated/α-hetero) is 1. The maximum atomic E-state index is 14.6. The largest absolute Gasteiger partial charge is 0.466 e. The van der Waals surface area contributed by atoms with Gasteiger partial charge in [0.25, 0.3) is 0 Å². The van der Waals surface area contributed by atoms with Gasteiger partial charge < -0.3 is 4.74 Å². The number of nitrogens with zero attached hydrogens (tertiary/aromatic N) is 2. The molecule has 0 amide bonds. The van der Waals surface area contributed by atoms with E-state index in [2.05, 4.69) is 4.98 Å². The molecule has 0 N–H and O–H groups in total. The highest BCUT2D eigenvalue weighted by atomic mass is 19.1. The van der Waals surface area contributed by atoms with Gasteiger partial charge in [-0.05, 0) is 80.8 Å². The molecule has 3 aromatic rings. The van der Waals surface area contributed by atoms with Crippen molar-refractivity contribution in [1.29, 1.82) is 0 Å². The molecule has 0 radical (unpaired) electrons. The smallest absolute Gasteiger partial charge is 0.312 e. The lowest BCUT2D eigenvalue weighted by molar-refractivity contribution is -0.158. The highest BCUT2D eigenvalue weighted by molar-refractivity contribution is 6.16. The molecule has 0 saturated heterocycles. The van der Waals surface area contributed by atoms with Crippen molar-refractivity contribution in [2.24, 2.45) is 16.3 Å². The molecule has 1 saturated carbocycles. The Morgan fingerprint density at radius 3 is 2.76 bits per heavy atom. The maximum absolute atomic E-state index is 14.6. The summed E-state index contributed by atoms with van der Waals surface area (Å²) >= 11 is 0. The molecule has 1 aliphatic carbocycles. The van der Waals surface area contributed by atoms with Crippen molar-refractivity contribution < 1.29 is 18.7 Å². The van der Waals surface area contributed by atoms with Crippen LogP contribution in [0.3, 0.4) is 0 Å². The molecule has 2 heterocycles. The third kappa shape index (κ3) is 5.31. The first-order valence-corrected chi connectivity index (χ1v) is 13.4. The molecule has 5 rings (SSSR count). The van der Waals surface area contributed by atoms with Crippen LogP contribution in [0.5, 0.6) is 0 Å². The molecule has 1 aliphatic heterocycles. The zero-order valence-electron chi connectivity index (χ0n) is 22.0. The zero-order valence-corrected chi connectivity index (χ0v) is 22.0. The van der Waals surface area contributed by atoms with Crippen molar-refractivity contribution in [3.05, 3.63) is 100 Å². The predicted octanol–water partition coefficient (Wildman–Crippen LogP) is 6.44. The Morgan fingerprint density at radius 1 is 1.13 bits per heavy atom. The van der Waals surface area contributed by atoms with Crippen molar-refractivity contribution in [3.63, 3.8) is 0 Å². The number of carbonyl (C=O) groups is 2. The summed E-state index contributed by atoms with van der Waals surface area (Å²) in [5.41, 5.74) is 5.27. The van der Waals surface area contributed by atoms with E-state index in [4.69, 9.17) is 9.73 Å². The minimum atomic E-state index is -0.821. The molecule has 2 unspecified atom stereocenters. The lowest BCUT2D eigenvalue weighted by Gasteiger charge is -2.39. The summed E-state index contributed by atoms with van der Waals surface area (Å²) in [5.74, 6) is -0.516. The monoisotopic (exact) mass is 512 g/mol. The van der Waals surface area contributed by atoms with E-state index in [0.29, 0.717) is 36.9 Å². The number of hydrogen-bond donors (Lipinski definition) is 0. The van der Waals surface area contributed by atoms with Crippen molar-refractivity contribution in [2.45, 2.75) is 58.9 Å². The summed E-state index contributed by atoms with van der Waals surface area (Å²) in [6.45, 7) is 4.61. The fraction of sp³-hybridized carbons (Fsp3) is 0.375. The Kier molecular flexibility index (Phi) is 7.50. The summed E-state index contributed by atoms with van der Waals surface area (Å²) in [6.07, 6.45) is 5.21. The van der Waals surface area contributed by atoms with Crippen LogP contribution >= 0.6 is 0 Å². The molecule has 0 bridgehead atoms. The van der Waals surface area contributed by atoms with Gasteiger partial charge in [-0.25, -0.2) is 4.39 Å². The van der Waals surface area contributed by atoms with E-state index >= 15 is 0 Å². The average molecular weight is 513 g/mol. The number of halogens is 1. The van der Waals surface area contributed by atoms with Gasteiger partial charge in [-0.2, -0.15) is 0 Å². The van der Waals surface area contributed by atoms with Crippen molar-refractivity contribution in [3.8, 4) is 0 Å². The van der Waals surface area contributed by atoms with E-state index in [-0.39, 0.29) is 36.5 Å². The fourth-order valence-corrected chi connectivity index (χ4v) is 6.05. The Morgan fingerprint density at radius 2 is 1.97 bits per heavy atom. The second-order valence-electron chi connectivity index (χ2n) is 10.6. The van der Waals surface area contributed by atoms with E-state index in [1.54, 1.807) is 31.3 Å². The van der Waals surface area contributed by atoms with Gasteiger partial charge in [0.15, 0.2) is 5.78 Å². The molecule has 2 atom stereocenters. The second-order valence-corrected chi connectivity index (χ2v) is 10.6. The third-order valence-electron chi connectivity index (χ3n) is 7.88. The molecule has 2 aliphatic rings. The maximum Gasteiger partial charge on any atom is 0.312 e. The minimum Gasteiger partial charge on any atom is -0.466 e. The highest BCUT2D eigenvalue weighted by Crippen LogP contribution is 2.45. The lowest BCUT2D eigenvalue weighted by atomic mass is 9.65. The van der Waals surface area contributed by atoms with Gasteiger partial charge in [0.1, 0.15) is 5.82 Å². The van der Waals surface area contributed by atoms with Crippen LogP contribution in [0.15, 0.2) is 65.8 Å². The van der Waals surface area contributed by atoms with E-state index in [1.807, 2.05) is 37.3 Å². The number of aryl methyl sites for hydroxylation is 1. The van der Waals surface area contributed by atoms with E-state index in [1.165, 1.54) is 6.07 Å². The van der Waals surface area contributed by atoms with E-state index in [0.717, 1.165) is 40.9 Å². The van der Waals surface area contributed by atoms with Crippen LogP contribution in [0.4, 0.5) is 4.39 Å². The van der Waals surface area contributed by atoms with Crippen LogP contribution in [0.1, 0.15) is 77.3 Å². The number of benzene rings is 2. The van der Waals surface area contributed by atoms with E-state index < -0.39 is 5.41 Å². The molecular weight excluding hydrogens is 479 g/mol. The highest BCUT2D eigenvalue weighted by Gasteiger charge is 2.44. The molecular formula is C32H33FN2O3. The molecule has 2 aromatic carbocycles. The topological polar surface area (TPSA) is 68.6 Å². The van der Waals surface area contributed by atoms with Crippen molar-refractivity contribution in [1.82, 2.24) is 4.98 Å². The molecule has 1 fully saturated rings. The van der Waals surface area contributed by atoms with Crippen LogP contribution in [0.25, 0.3) is 0 Å². The first kappa shape index (κ1) is 26.0. The van der Waals surface area contributed by atoms with Gasteiger partial charge in [-0.1, -0.05) is 36.8 Å². The van der Waals surface area contributed by atoms with Crippen LogP contribution in [0.2, 0.25) is 0 Å². The number of aliphatic imine (C=N–C) groups is 1. The lowest BCUT2D eigenvalue weighted by Crippen LogP contribution is -2.40. The summed E-state index contributed by atoms with van der Waals surface area (Å²) in [4.78, 5) is 35.7. The predicted molar refractivity (Wildman–Crippen MR) is 145 cm³/mol. The molecule has 38 heavy (non-hydrogen) atoms. The number of pyridine rings is 1. The van der Waals surface area contributed by atoms with Gasteiger partial charge in [-0.15, -0.1) is 0 Å². The van der Waals surface area contributed by atoms with Crippen molar-refractivity contribution in [2.75, 3.05) is 6.61 Å². The number of fused-ring (bicyclic) bond motifs is 1. The number of ketones is 1. The Bertz CT molecular complexity index is 1400. The summed E-state index contributed by atoms with van der Waals surface area (Å²) in [5, 5.41) is 0. The summed E-state index contributed by atoms with van der Waals surface area (Å²) in [7, 11) is 0. The van der Waals surface area contributed by atoms with Gasteiger partial charge in [0.05, 0.1) is 24.3 Å². The number of rotatable bonds is 8. The Labute approximate surface area is 223 Å². The normalized spacial score (nSPS) is 20.5. The van der Waals surface area contributed by atoms with Gasteiger partial charge >= 0.3 is 5.97 Å². The Balaban J connectivity index is 1.35. The molecule has 0 spiro atoms. The summed E-state index contributed by atoms with van der Waals surface area (Å²) in [6, 6.07) is 16.4. The van der Waals surface area contributed by atoms with E-state index in [9.17, 15) is 14.0 Å². The van der Waals surface area contributed by atoms with Crippen LogP contribution < -0.4 is 0 Å². The van der Waals surface area contributed by atoms with Crippen LogP contribution in [-0.2, 0) is 22.5 Å². The molecule has 196 valence electrons. The first-order valence-electron chi connectivity index (χ1n) is 13.4. The first-order chi connectivity index (χ1) is 18.4. The summed E-state index contributed by atoms with van der Waals surface area (Å²) < 4.78 is 20.0. The van der Waals surface area contributed by atoms with Crippen LogP contribution in [0, 0.1) is 24.1 Å². The number of esters is 1. The third-order valence-corrected chi connectivity index (χ3v) is 7.88. The molecule has 1 aromatic heterocycles. The molecule has 6 heteroatoms. The quantitative estimate of drug-likeness (QED) is 0.257. The van der Waals surface area contributed by atoms with Crippen molar-refractivity contribution >= 4 is 17.5 Å². The number of aromatic nitrogens is 1. The average Bonchev–Trinajstić information content (AvgIpc) is 3.34. The number of ether oxygens (including phenoxy) is 1. The zero-order chi connectivity index (χ0) is 26.7. The minimum absolute atomic E-state index is 0.0247. The second kappa shape index (κ2) is 11.0. The number of carbonyl (C=O) groups excluding carboxylic acids is 2. The van der Waals surface area contributed by atoms with Gasteiger partial charge in [0, 0.05) is 35.0 Å². The fourth-order valence-electron chi connectivity index (χ4n) is 6.05. The van der Waals surface area contributed by atoms with Gasteiger partial charge in [-0.3, -0.25) is 19.6 Å². The SMILES string of the molecule is CCOC(=O)C1(Cc2ccccc2F)CCCC(CC(=O)c2ccc3c(c2)C(c2ccnc(C)c2)=NC3)C1. The van der Waals surface area contributed by atoms with Crippen LogP contribution in [-0.4, -0.2) is 29.1 Å². The Hall–Kier alpha value is -3.67. The number of hydrogen-bond acceptors (Lipinski definition) is 5. The standard InChI is InChI=1S/C32H33FN2O3/c1-3-38-31(37)32(19-25-8-4-5-9-28(25)33)13-6-7-22(18-32)16-29(36)23-10-11-26-20-35-30(27(26)17-23)24-12-14-34-21(2)15-24/h4-5,8-12,14-15,17,22H,3,6-7,13,16,18-20H2,1-2H3.